The van der Waals surface area contributed by atoms with Crippen LogP contribution in [0.1, 0.15) is 65.6 Å². The fourth-order valence-electron chi connectivity index (χ4n) is 2.18. The van der Waals surface area contributed by atoms with Crippen LogP contribution in [-0.4, -0.2) is 33.6 Å². The van der Waals surface area contributed by atoms with Gasteiger partial charge < -0.3 is 15.4 Å². The summed E-state index contributed by atoms with van der Waals surface area (Å²) in [6.45, 7) is 15.1. The number of carbonyl (C=O) groups is 1. The maximum atomic E-state index is 11.8. The molecular formula is C17H32N4O2. The first-order valence-corrected chi connectivity index (χ1v) is 8.14. The van der Waals surface area contributed by atoms with Gasteiger partial charge in [0.2, 0.25) is 0 Å². The van der Waals surface area contributed by atoms with Gasteiger partial charge in [0.25, 0.3) is 0 Å². The van der Waals surface area contributed by atoms with Crippen LogP contribution in [-0.2, 0) is 18.3 Å². The Hall–Kier alpha value is -1.56. The van der Waals surface area contributed by atoms with Crippen molar-refractivity contribution in [1.82, 2.24) is 20.4 Å². The molecule has 0 aliphatic carbocycles. The maximum absolute atomic E-state index is 11.8. The van der Waals surface area contributed by atoms with Crippen LogP contribution in [0.15, 0.2) is 6.20 Å². The molecule has 132 valence electrons. The second-order valence-electron chi connectivity index (χ2n) is 7.96. The predicted octanol–water partition coefficient (Wildman–Crippen LogP) is 2.94. The Balaban J connectivity index is 2.54. The van der Waals surface area contributed by atoms with E-state index >= 15 is 0 Å². The lowest BCUT2D eigenvalue weighted by molar-refractivity contribution is 0.0513. The molecule has 0 saturated carbocycles. The summed E-state index contributed by atoms with van der Waals surface area (Å²) in [7, 11) is 1.94. The van der Waals surface area contributed by atoms with Gasteiger partial charge >= 0.3 is 6.09 Å². The van der Waals surface area contributed by atoms with E-state index in [1.54, 1.807) is 0 Å². The van der Waals surface area contributed by atoms with Crippen LogP contribution in [0.4, 0.5) is 4.79 Å². The van der Waals surface area contributed by atoms with Crippen LogP contribution in [0.5, 0.6) is 0 Å². The van der Waals surface area contributed by atoms with E-state index in [9.17, 15) is 4.79 Å². The molecule has 1 rings (SSSR count). The van der Waals surface area contributed by atoms with Gasteiger partial charge in [-0.3, -0.25) is 4.68 Å². The van der Waals surface area contributed by atoms with Crippen molar-refractivity contribution in [1.29, 1.82) is 0 Å². The van der Waals surface area contributed by atoms with Gasteiger partial charge in [0.1, 0.15) is 5.60 Å². The van der Waals surface area contributed by atoms with Crippen molar-refractivity contribution < 1.29 is 9.53 Å². The Morgan fingerprint density at radius 2 is 1.91 bits per heavy atom. The average molecular weight is 324 g/mol. The molecule has 1 heterocycles. The quantitative estimate of drug-likeness (QED) is 0.844. The number of rotatable bonds is 6. The number of carbonyl (C=O) groups excluding carboxylic acids is 1. The maximum Gasteiger partial charge on any atom is 0.407 e. The van der Waals surface area contributed by atoms with Crippen molar-refractivity contribution >= 4 is 6.09 Å². The van der Waals surface area contributed by atoms with E-state index in [1.807, 2.05) is 38.7 Å². The zero-order valence-corrected chi connectivity index (χ0v) is 15.8. The predicted molar refractivity (Wildman–Crippen MR) is 92.5 cm³/mol. The topological polar surface area (TPSA) is 68.2 Å². The zero-order chi connectivity index (χ0) is 17.8. The number of alkyl carbamates (subject to hydrolysis) is 1. The zero-order valence-electron chi connectivity index (χ0n) is 15.8. The van der Waals surface area contributed by atoms with Gasteiger partial charge in [0, 0.05) is 37.4 Å². The SMILES string of the molecule is CC(C)c1nn(C)cc1CNC(C)(C)CNC(=O)OC(C)(C)C. The highest BCUT2D eigenvalue weighted by Crippen LogP contribution is 2.18. The van der Waals surface area contributed by atoms with Crippen LogP contribution in [0.25, 0.3) is 0 Å². The molecule has 6 heteroatoms. The lowest BCUT2D eigenvalue weighted by Crippen LogP contribution is -2.49. The Labute approximate surface area is 140 Å². The van der Waals surface area contributed by atoms with Gasteiger partial charge in [0.15, 0.2) is 0 Å². The highest BCUT2D eigenvalue weighted by molar-refractivity contribution is 5.67. The molecule has 0 aromatic carbocycles. The molecule has 1 aromatic rings. The monoisotopic (exact) mass is 324 g/mol. The highest BCUT2D eigenvalue weighted by atomic mass is 16.6. The van der Waals surface area contributed by atoms with Crippen molar-refractivity contribution in [3.05, 3.63) is 17.5 Å². The summed E-state index contributed by atoms with van der Waals surface area (Å²) in [5, 5.41) is 10.8. The van der Waals surface area contributed by atoms with Crippen molar-refractivity contribution in [2.24, 2.45) is 7.05 Å². The van der Waals surface area contributed by atoms with Crippen molar-refractivity contribution in [3.8, 4) is 0 Å². The normalized spacial score (nSPS) is 12.6. The Morgan fingerprint density at radius 1 is 1.30 bits per heavy atom. The van der Waals surface area contributed by atoms with Crippen molar-refractivity contribution in [3.63, 3.8) is 0 Å². The van der Waals surface area contributed by atoms with Gasteiger partial charge in [-0.05, 0) is 40.5 Å². The van der Waals surface area contributed by atoms with Crippen LogP contribution in [0.2, 0.25) is 0 Å². The summed E-state index contributed by atoms with van der Waals surface area (Å²) < 4.78 is 7.10. The van der Waals surface area contributed by atoms with Gasteiger partial charge in [-0.2, -0.15) is 5.10 Å². The number of aryl methyl sites for hydroxylation is 1. The molecular weight excluding hydrogens is 292 g/mol. The van der Waals surface area contributed by atoms with E-state index in [1.165, 1.54) is 5.56 Å². The molecule has 0 spiro atoms. The van der Waals surface area contributed by atoms with E-state index in [-0.39, 0.29) is 5.54 Å². The fourth-order valence-corrected chi connectivity index (χ4v) is 2.18. The molecule has 6 nitrogen and oxygen atoms in total. The lowest BCUT2D eigenvalue weighted by atomic mass is 10.0. The lowest BCUT2D eigenvalue weighted by Gasteiger charge is -2.28. The van der Waals surface area contributed by atoms with Crippen molar-refractivity contribution in [2.75, 3.05) is 6.54 Å². The average Bonchev–Trinajstić information content (AvgIpc) is 2.74. The number of hydrogen-bond donors (Lipinski definition) is 2. The Bertz CT molecular complexity index is 527. The van der Waals surface area contributed by atoms with Gasteiger partial charge in [0.05, 0.1) is 5.69 Å². The first-order valence-electron chi connectivity index (χ1n) is 8.14. The third-order valence-electron chi connectivity index (χ3n) is 3.31. The molecule has 0 aliphatic rings. The van der Waals surface area contributed by atoms with Crippen LogP contribution < -0.4 is 10.6 Å². The number of ether oxygens (including phenoxy) is 1. The number of aromatic nitrogens is 2. The van der Waals surface area contributed by atoms with Gasteiger partial charge in [-0.15, -0.1) is 0 Å². The van der Waals surface area contributed by atoms with Gasteiger partial charge in [-0.1, -0.05) is 13.8 Å². The summed E-state index contributed by atoms with van der Waals surface area (Å²) in [6, 6.07) is 0. The minimum absolute atomic E-state index is 0.249. The van der Waals surface area contributed by atoms with E-state index in [0.717, 1.165) is 5.69 Å². The largest absolute Gasteiger partial charge is 0.444 e. The summed E-state index contributed by atoms with van der Waals surface area (Å²) in [6.07, 6.45) is 1.65. The summed E-state index contributed by atoms with van der Waals surface area (Å²) in [5.74, 6) is 0.385. The summed E-state index contributed by atoms with van der Waals surface area (Å²) >= 11 is 0. The first kappa shape index (κ1) is 19.5. The van der Waals surface area contributed by atoms with Crippen LogP contribution in [0.3, 0.4) is 0 Å². The number of nitrogens with one attached hydrogen (secondary N) is 2. The molecule has 0 bridgehead atoms. The number of nitrogens with zero attached hydrogens (tertiary/aromatic N) is 2. The molecule has 0 aliphatic heterocycles. The third kappa shape index (κ3) is 7.03. The second-order valence-corrected chi connectivity index (χ2v) is 7.96. The van der Waals surface area contributed by atoms with E-state index < -0.39 is 11.7 Å². The third-order valence-corrected chi connectivity index (χ3v) is 3.31. The van der Waals surface area contributed by atoms with Crippen molar-refractivity contribution in [2.45, 2.75) is 72.1 Å². The molecule has 0 unspecified atom stereocenters. The molecule has 1 amide bonds. The van der Waals surface area contributed by atoms with Gasteiger partial charge in [-0.25, -0.2) is 4.79 Å². The molecule has 0 atom stereocenters. The number of hydrogen-bond acceptors (Lipinski definition) is 4. The molecule has 2 N–H and O–H groups in total. The van der Waals surface area contributed by atoms with Crippen LogP contribution in [0, 0.1) is 0 Å². The minimum atomic E-state index is -0.483. The fraction of sp³-hybridized carbons (Fsp3) is 0.765. The van der Waals surface area contributed by atoms with E-state index in [0.29, 0.717) is 19.0 Å². The second kappa shape index (κ2) is 7.34. The standard InChI is InChI=1S/C17H32N4O2/c1-12(2)14-13(10-21(8)20-14)9-19-17(6,7)11-18-15(22)23-16(3,4)5/h10,12,19H,9,11H2,1-8H3,(H,18,22). The molecule has 0 radical (unpaired) electrons. The molecule has 1 aromatic heterocycles. The molecule has 0 saturated heterocycles. The first-order chi connectivity index (χ1) is 10.4. The summed E-state index contributed by atoms with van der Waals surface area (Å²) in [4.78, 5) is 11.8. The van der Waals surface area contributed by atoms with E-state index in [2.05, 4.69) is 43.4 Å². The molecule has 23 heavy (non-hydrogen) atoms. The summed E-state index contributed by atoms with van der Waals surface area (Å²) in [5.41, 5.74) is 1.56. The molecule has 0 fully saturated rings. The Kier molecular flexibility index (Phi) is 6.22. The smallest absolute Gasteiger partial charge is 0.407 e. The minimum Gasteiger partial charge on any atom is -0.444 e. The highest BCUT2D eigenvalue weighted by Gasteiger charge is 2.22. The van der Waals surface area contributed by atoms with Crippen LogP contribution >= 0.6 is 0 Å². The van der Waals surface area contributed by atoms with E-state index in [4.69, 9.17) is 4.74 Å². The Morgan fingerprint density at radius 3 is 2.43 bits per heavy atom. The number of amides is 1.